The molecule has 0 spiro atoms. The van der Waals surface area contributed by atoms with Crippen LogP contribution in [0.25, 0.3) is 5.57 Å². The van der Waals surface area contributed by atoms with Crippen LogP contribution < -0.4 is 0 Å². The average Bonchev–Trinajstić information content (AvgIpc) is 2.71. The van der Waals surface area contributed by atoms with Gasteiger partial charge in [-0.15, -0.1) is 0 Å². The third-order valence-corrected chi connectivity index (χ3v) is 3.78. The zero-order valence-corrected chi connectivity index (χ0v) is 14.4. The van der Waals surface area contributed by atoms with Crippen LogP contribution in [0.4, 0.5) is 0 Å². The molecule has 1 atom stereocenters. The number of benzene rings is 1. The van der Waals surface area contributed by atoms with Gasteiger partial charge in [0.2, 0.25) is 0 Å². The first-order chi connectivity index (χ1) is 10.7. The molecule has 0 aromatic heterocycles. The third-order valence-electron chi connectivity index (χ3n) is 3.78. The molecule has 0 saturated heterocycles. The Labute approximate surface area is 137 Å². The first-order valence-electron chi connectivity index (χ1n) is 7.93. The van der Waals surface area contributed by atoms with E-state index >= 15 is 0 Å². The number of rotatable bonds is 4. The molecule has 0 aliphatic heterocycles. The van der Waals surface area contributed by atoms with Crippen molar-refractivity contribution in [3.05, 3.63) is 41.0 Å². The summed E-state index contributed by atoms with van der Waals surface area (Å²) in [6.45, 7) is 9.49. The first-order valence-corrected chi connectivity index (χ1v) is 7.93. The van der Waals surface area contributed by atoms with Crippen LogP contribution in [-0.2, 0) is 19.1 Å². The molecule has 0 fully saturated rings. The number of hydrogen-bond acceptors (Lipinski definition) is 4. The Balaban J connectivity index is 2.34. The molecule has 1 aromatic carbocycles. The summed E-state index contributed by atoms with van der Waals surface area (Å²) in [5.74, 6) is -0.969. The van der Waals surface area contributed by atoms with Crippen LogP contribution in [0, 0.1) is 0 Å². The second-order valence-electron chi connectivity index (χ2n) is 6.69. The maximum Gasteiger partial charge on any atom is 0.334 e. The molecule has 4 heteroatoms. The Kier molecular flexibility index (Phi) is 4.93. The van der Waals surface area contributed by atoms with E-state index in [-0.39, 0.29) is 24.3 Å². The van der Waals surface area contributed by atoms with E-state index in [1.807, 2.05) is 52.0 Å². The largest absolute Gasteiger partial charge is 0.463 e. The Morgan fingerprint density at radius 3 is 2.43 bits per heavy atom. The number of fused-ring (bicyclic) bond motifs is 1. The summed E-state index contributed by atoms with van der Waals surface area (Å²) < 4.78 is 10.6. The molecule has 1 aromatic rings. The number of esters is 2. The summed E-state index contributed by atoms with van der Waals surface area (Å²) in [6, 6.07) is 7.78. The zero-order valence-electron chi connectivity index (χ0n) is 14.4. The minimum Gasteiger partial charge on any atom is -0.463 e. The normalized spacial score (nSPS) is 17.0. The molecule has 2 rings (SSSR count). The maximum atomic E-state index is 12.4. The molecule has 0 radical (unpaired) electrons. The van der Waals surface area contributed by atoms with Crippen molar-refractivity contribution in [3.8, 4) is 0 Å². The summed E-state index contributed by atoms with van der Waals surface area (Å²) in [5, 5.41) is 0. The van der Waals surface area contributed by atoms with Crippen molar-refractivity contribution in [1.29, 1.82) is 0 Å². The van der Waals surface area contributed by atoms with Gasteiger partial charge in [0, 0.05) is 11.5 Å². The highest BCUT2D eigenvalue weighted by atomic mass is 16.6. The maximum absolute atomic E-state index is 12.4. The van der Waals surface area contributed by atoms with Crippen LogP contribution >= 0.6 is 0 Å². The molecule has 124 valence electrons. The molecular weight excluding hydrogens is 292 g/mol. The minimum atomic E-state index is -0.544. The third kappa shape index (κ3) is 3.81. The van der Waals surface area contributed by atoms with Crippen molar-refractivity contribution in [2.45, 2.75) is 52.6 Å². The quantitative estimate of drug-likeness (QED) is 0.792. The van der Waals surface area contributed by atoms with Crippen LogP contribution in [-0.4, -0.2) is 24.1 Å². The number of carbonyl (C=O) groups is 2. The fourth-order valence-electron chi connectivity index (χ4n) is 2.97. The monoisotopic (exact) mass is 316 g/mol. The average molecular weight is 316 g/mol. The first kappa shape index (κ1) is 17.3. The molecule has 1 unspecified atom stereocenters. The van der Waals surface area contributed by atoms with Crippen LogP contribution in [0.15, 0.2) is 29.8 Å². The molecule has 1 aliphatic carbocycles. The highest BCUT2D eigenvalue weighted by Gasteiger charge is 2.36. The molecule has 23 heavy (non-hydrogen) atoms. The Bertz CT molecular complexity index is 650. The lowest BCUT2D eigenvalue weighted by atomic mass is 9.92. The van der Waals surface area contributed by atoms with Crippen molar-refractivity contribution in [1.82, 2.24) is 0 Å². The standard InChI is InChI=1S/C19H24O4/c1-6-22-18(21)17-12(2)13-9-7-8-10-14(13)15(17)11-16(20)23-19(3,4)5/h7-10,15H,6,11H2,1-5H3. The van der Waals surface area contributed by atoms with E-state index in [9.17, 15) is 9.59 Å². The van der Waals surface area contributed by atoms with Crippen molar-refractivity contribution in [2.24, 2.45) is 0 Å². The van der Waals surface area contributed by atoms with Gasteiger partial charge in [0.05, 0.1) is 13.0 Å². The van der Waals surface area contributed by atoms with Crippen LogP contribution in [0.2, 0.25) is 0 Å². The van der Waals surface area contributed by atoms with Crippen molar-refractivity contribution < 1.29 is 19.1 Å². The van der Waals surface area contributed by atoms with Gasteiger partial charge < -0.3 is 9.47 Å². The number of ether oxygens (including phenoxy) is 2. The lowest BCUT2D eigenvalue weighted by molar-refractivity contribution is -0.155. The van der Waals surface area contributed by atoms with E-state index < -0.39 is 5.60 Å². The molecule has 0 saturated carbocycles. The minimum absolute atomic E-state index is 0.139. The summed E-state index contributed by atoms with van der Waals surface area (Å²) in [4.78, 5) is 24.6. The van der Waals surface area contributed by atoms with Crippen molar-refractivity contribution >= 4 is 17.5 Å². The summed E-state index contributed by atoms with van der Waals surface area (Å²) in [6.07, 6.45) is 0.139. The van der Waals surface area contributed by atoms with Crippen LogP contribution in [0.3, 0.4) is 0 Å². The Morgan fingerprint density at radius 2 is 1.83 bits per heavy atom. The molecule has 0 bridgehead atoms. The van der Waals surface area contributed by atoms with Gasteiger partial charge in [0.25, 0.3) is 0 Å². The summed E-state index contributed by atoms with van der Waals surface area (Å²) in [5.41, 5.74) is 2.90. The number of allylic oxidation sites excluding steroid dienone is 1. The molecule has 0 amide bonds. The Hall–Kier alpha value is -2.10. The molecule has 0 heterocycles. The second-order valence-corrected chi connectivity index (χ2v) is 6.69. The van der Waals surface area contributed by atoms with E-state index in [2.05, 4.69) is 0 Å². The van der Waals surface area contributed by atoms with E-state index in [0.717, 1.165) is 16.7 Å². The number of hydrogen-bond donors (Lipinski definition) is 0. The van der Waals surface area contributed by atoms with Crippen LogP contribution in [0.5, 0.6) is 0 Å². The van der Waals surface area contributed by atoms with E-state index in [0.29, 0.717) is 12.2 Å². The second kappa shape index (κ2) is 6.57. The molecule has 4 nitrogen and oxygen atoms in total. The highest BCUT2D eigenvalue weighted by molar-refractivity contribution is 6.03. The number of carbonyl (C=O) groups excluding carboxylic acids is 2. The van der Waals surface area contributed by atoms with Gasteiger partial charge in [-0.3, -0.25) is 4.79 Å². The van der Waals surface area contributed by atoms with Crippen LogP contribution in [0.1, 0.15) is 58.1 Å². The van der Waals surface area contributed by atoms with Gasteiger partial charge in [0.15, 0.2) is 0 Å². The SMILES string of the molecule is CCOC(=O)C1=C(C)c2ccccc2C1CC(=O)OC(C)(C)C. The highest BCUT2D eigenvalue weighted by Crippen LogP contribution is 2.44. The van der Waals surface area contributed by atoms with Gasteiger partial charge in [0.1, 0.15) is 5.60 Å². The lowest BCUT2D eigenvalue weighted by Gasteiger charge is -2.22. The molecule has 0 N–H and O–H groups in total. The van der Waals surface area contributed by atoms with Gasteiger partial charge in [-0.25, -0.2) is 4.79 Å². The predicted molar refractivity (Wildman–Crippen MR) is 88.9 cm³/mol. The van der Waals surface area contributed by atoms with Gasteiger partial charge in [-0.2, -0.15) is 0 Å². The van der Waals surface area contributed by atoms with Gasteiger partial charge in [-0.05, 0) is 51.3 Å². The van der Waals surface area contributed by atoms with Gasteiger partial charge in [-0.1, -0.05) is 24.3 Å². The summed E-state index contributed by atoms with van der Waals surface area (Å²) in [7, 11) is 0. The smallest absolute Gasteiger partial charge is 0.334 e. The molecule has 1 aliphatic rings. The van der Waals surface area contributed by atoms with Crippen molar-refractivity contribution in [3.63, 3.8) is 0 Å². The lowest BCUT2D eigenvalue weighted by Crippen LogP contribution is -2.25. The summed E-state index contributed by atoms with van der Waals surface area (Å²) >= 11 is 0. The topological polar surface area (TPSA) is 52.6 Å². The zero-order chi connectivity index (χ0) is 17.2. The predicted octanol–water partition coefficient (Wildman–Crippen LogP) is 3.85. The van der Waals surface area contributed by atoms with Crippen molar-refractivity contribution in [2.75, 3.05) is 6.61 Å². The fourth-order valence-corrected chi connectivity index (χ4v) is 2.97. The molecular formula is C19H24O4. The van der Waals surface area contributed by atoms with E-state index in [4.69, 9.17) is 9.47 Å². The van der Waals surface area contributed by atoms with E-state index in [1.54, 1.807) is 6.92 Å². The van der Waals surface area contributed by atoms with E-state index in [1.165, 1.54) is 0 Å². The fraction of sp³-hybridized carbons (Fsp3) is 0.474. The van der Waals surface area contributed by atoms with Gasteiger partial charge >= 0.3 is 11.9 Å². The Morgan fingerprint density at radius 1 is 1.17 bits per heavy atom.